The summed E-state index contributed by atoms with van der Waals surface area (Å²) in [4.78, 5) is 0. The zero-order chi connectivity index (χ0) is 14.0. The minimum Gasteiger partial charge on any atom is -0.379 e. The topological polar surface area (TPSA) is 21.3 Å². The average molecular weight is 257 g/mol. The normalized spacial score (nSPS) is 15.7. The second-order valence-electron chi connectivity index (χ2n) is 6.18. The third-order valence-corrected chi connectivity index (χ3v) is 3.97. The molecule has 0 radical (unpaired) electrons. The molecule has 0 aliphatic rings. The van der Waals surface area contributed by atoms with Gasteiger partial charge in [-0.25, -0.2) is 0 Å². The van der Waals surface area contributed by atoms with Gasteiger partial charge in [0.1, 0.15) is 0 Å². The second-order valence-corrected chi connectivity index (χ2v) is 6.18. The van der Waals surface area contributed by atoms with Gasteiger partial charge in [-0.05, 0) is 52.0 Å². The first-order chi connectivity index (χ1) is 8.46. The van der Waals surface area contributed by atoms with Gasteiger partial charge in [0.25, 0.3) is 0 Å². The molecule has 0 aromatic carbocycles. The lowest BCUT2D eigenvalue weighted by molar-refractivity contribution is 0.0102. The van der Waals surface area contributed by atoms with Crippen LogP contribution in [0, 0.1) is 5.92 Å². The molecule has 2 unspecified atom stereocenters. The van der Waals surface area contributed by atoms with Crippen LogP contribution in [0.4, 0.5) is 0 Å². The van der Waals surface area contributed by atoms with E-state index in [0.717, 1.165) is 18.9 Å². The van der Waals surface area contributed by atoms with Gasteiger partial charge in [-0.3, -0.25) is 0 Å². The van der Waals surface area contributed by atoms with Crippen molar-refractivity contribution in [1.29, 1.82) is 0 Å². The van der Waals surface area contributed by atoms with Gasteiger partial charge in [-0.1, -0.05) is 33.6 Å². The molecule has 0 fully saturated rings. The van der Waals surface area contributed by atoms with E-state index in [0.29, 0.717) is 6.04 Å². The summed E-state index contributed by atoms with van der Waals surface area (Å²) in [5.41, 5.74) is 0.0105. The van der Waals surface area contributed by atoms with Crippen molar-refractivity contribution in [3.8, 4) is 0 Å². The predicted molar refractivity (Wildman–Crippen MR) is 81.1 cm³/mol. The summed E-state index contributed by atoms with van der Waals surface area (Å²) >= 11 is 0. The van der Waals surface area contributed by atoms with E-state index < -0.39 is 0 Å². The summed E-state index contributed by atoms with van der Waals surface area (Å²) in [7, 11) is 1.81. The van der Waals surface area contributed by atoms with E-state index >= 15 is 0 Å². The van der Waals surface area contributed by atoms with Crippen molar-refractivity contribution in [2.24, 2.45) is 5.92 Å². The smallest absolute Gasteiger partial charge is 0.0623 e. The van der Waals surface area contributed by atoms with E-state index in [1.165, 1.54) is 32.1 Å². The lowest BCUT2D eigenvalue weighted by atomic mass is 9.89. The van der Waals surface area contributed by atoms with Crippen LogP contribution in [-0.2, 0) is 4.74 Å². The monoisotopic (exact) mass is 257 g/mol. The summed E-state index contributed by atoms with van der Waals surface area (Å²) < 4.78 is 5.53. The highest BCUT2D eigenvalue weighted by atomic mass is 16.5. The molecule has 2 atom stereocenters. The highest BCUT2D eigenvalue weighted by Crippen LogP contribution is 2.22. The molecule has 0 aliphatic carbocycles. The van der Waals surface area contributed by atoms with E-state index in [2.05, 4.69) is 39.9 Å². The van der Waals surface area contributed by atoms with Gasteiger partial charge >= 0.3 is 0 Å². The minimum absolute atomic E-state index is 0.0105. The van der Waals surface area contributed by atoms with Crippen LogP contribution in [0.5, 0.6) is 0 Å². The van der Waals surface area contributed by atoms with Gasteiger partial charge in [-0.2, -0.15) is 0 Å². The molecular formula is C16H35NO. The van der Waals surface area contributed by atoms with Gasteiger partial charge < -0.3 is 10.1 Å². The van der Waals surface area contributed by atoms with Gasteiger partial charge in [0.05, 0.1) is 5.60 Å². The second kappa shape index (κ2) is 9.80. The number of hydrogen-bond donors (Lipinski definition) is 1. The van der Waals surface area contributed by atoms with Crippen LogP contribution >= 0.6 is 0 Å². The van der Waals surface area contributed by atoms with Crippen LogP contribution in [0.25, 0.3) is 0 Å². The summed E-state index contributed by atoms with van der Waals surface area (Å²) in [6.07, 6.45) is 7.54. The standard InChI is InChI=1S/C16H35NO/c1-7-9-10-14(3)15(17-13-8-2)11-12-16(4,5)18-6/h14-15,17H,7-13H2,1-6H3. The molecule has 0 aliphatic heterocycles. The fourth-order valence-corrected chi connectivity index (χ4v) is 2.25. The van der Waals surface area contributed by atoms with Crippen LogP contribution in [0.15, 0.2) is 0 Å². The van der Waals surface area contributed by atoms with E-state index in [1.54, 1.807) is 0 Å². The molecule has 0 heterocycles. The van der Waals surface area contributed by atoms with Crippen LogP contribution in [0.2, 0.25) is 0 Å². The molecule has 0 aromatic rings. The van der Waals surface area contributed by atoms with Gasteiger partial charge in [0.15, 0.2) is 0 Å². The predicted octanol–water partition coefficient (Wildman–Crippen LogP) is 4.39. The minimum atomic E-state index is 0.0105. The molecule has 0 saturated heterocycles. The Morgan fingerprint density at radius 2 is 1.78 bits per heavy atom. The largest absolute Gasteiger partial charge is 0.379 e. The molecule has 0 rings (SSSR count). The Balaban J connectivity index is 4.20. The Morgan fingerprint density at radius 1 is 1.11 bits per heavy atom. The highest BCUT2D eigenvalue weighted by Gasteiger charge is 2.22. The Labute approximate surface area is 115 Å². The molecule has 1 N–H and O–H groups in total. The number of rotatable bonds is 11. The molecule has 0 bridgehead atoms. The van der Waals surface area contributed by atoms with E-state index in [4.69, 9.17) is 4.74 Å². The quantitative estimate of drug-likeness (QED) is 0.593. The average Bonchev–Trinajstić information content (AvgIpc) is 2.36. The van der Waals surface area contributed by atoms with Crippen molar-refractivity contribution >= 4 is 0 Å². The molecule has 2 heteroatoms. The Kier molecular flexibility index (Phi) is 9.76. The van der Waals surface area contributed by atoms with Crippen molar-refractivity contribution in [2.45, 2.75) is 84.8 Å². The Bertz CT molecular complexity index is 192. The van der Waals surface area contributed by atoms with Crippen LogP contribution < -0.4 is 5.32 Å². The van der Waals surface area contributed by atoms with Crippen molar-refractivity contribution in [1.82, 2.24) is 5.32 Å². The van der Waals surface area contributed by atoms with Crippen molar-refractivity contribution in [3.63, 3.8) is 0 Å². The number of unbranched alkanes of at least 4 members (excludes halogenated alkanes) is 1. The van der Waals surface area contributed by atoms with Crippen molar-refractivity contribution in [2.75, 3.05) is 13.7 Å². The van der Waals surface area contributed by atoms with Gasteiger partial charge in [-0.15, -0.1) is 0 Å². The first-order valence-electron chi connectivity index (χ1n) is 7.75. The fourth-order valence-electron chi connectivity index (χ4n) is 2.25. The third kappa shape index (κ3) is 8.10. The Hall–Kier alpha value is -0.0800. The Morgan fingerprint density at radius 3 is 2.28 bits per heavy atom. The molecule has 18 heavy (non-hydrogen) atoms. The third-order valence-electron chi connectivity index (χ3n) is 3.97. The number of hydrogen-bond acceptors (Lipinski definition) is 2. The summed E-state index contributed by atoms with van der Waals surface area (Å²) in [6.45, 7) is 12.4. The van der Waals surface area contributed by atoms with Crippen LogP contribution in [0.1, 0.15) is 73.1 Å². The number of methoxy groups -OCH3 is 1. The molecular weight excluding hydrogens is 222 g/mol. The van der Waals surface area contributed by atoms with E-state index in [1.807, 2.05) is 7.11 Å². The molecule has 0 saturated carbocycles. The summed E-state index contributed by atoms with van der Waals surface area (Å²) in [5, 5.41) is 3.72. The van der Waals surface area contributed by atoms with Crippen molar-refractivity contribution in [3.05, 3.63) is 0 Å². The van der Waals surface area contributed by atoms with Gasteiger partial charge in [0, 0.05) is 13.2 Å². The lowest BCUT2D eigenvalue weighted by Crippen LogP contribution is -2.37. The van der Waals surface area contributed by atoms with Crippen molar-refractivity contribution < 1.29 is 4.74 Å². The van der Waals surface area contributed by atoms with E-state index in [-0.39, 0.29) is 5.60 Å². The first-order valence-corrected chi connectivity index (χ1v) is 7.75. The maximum atomic E-state index is 5.53. The van der Waals surface area contributed by atoms with Crippen LogP contribution in [0.3, 0.4) is 0 Å². The number of ether oxygens (including phenoxy) is 1. The maximum absolute atomic E-state index is 5.53. The summed E-state index contributed by atoms with van der Waals surface area (Å²) in [6, 6.07) is 0.644. The maximum Gasteiger partial charge on any atom is 0.0623 e. The molecule has 0 spiro atoms. The highest BCUT2D eigenvalue weighted by molar-refractivity contribution is 4.78. The molecule has 0 aromatic heterocycles. The summed E-state index contributed by atoms with van der Waals surface area (Å²) in [5.74, 6) is 0.768. The fraction of sp³-hybridized carbons (Fsp3) is 1.00. The first kappa shape index (κ1) is 17.9. The van der Waals surface area contributed by atoms with Crippen LogP contribution in [-0.4, -0.2) is 25.3 Å². The number of nitrogens with one attached hydrogen (secondary N) is 1. The van der Waals surface area contributed by atoms with Gasteiger partial charge in [0.2, 0.25) is 0 Å². The molecule has 0 amide bonds. The zero-order valence-corrected chi connectivity index (χ0v) is 13.5. The molecule has 2 nitrogen and oxygen atoms in total. The zero-order valence-electron chi connectivity index (χ0n) is 13.5. The lowest BCUT2D eigenvalue weighted by Gasteiger charge is -2.30. The van der Waals surface area contributed by atoms with E-state index in [9.17, 15) is 0 Å². The molecule has 110 valence electrons. The SMILES string of the molecule is CCCCC(C)C(CCC(C)(C)OC)NCCC.